The zero-order valence-electron chi connectivity index (χ0n) is 49.0. The number of hydrogen-bond donors (Lipinski definition) is 0. The van der Waals surface area contributed by atoms with E-state index in [0.29, 0.717) is 22.3 Å². The molecule has 426 valence electrons. The van der Waals surface area contributed by atoms with Crippen LogP contribution in [0, 0.1) is 45.3 Å². The minimum Gasteiger partial charge on any atom is -0.455 e. The lowest BCUT2D eigenvalue weighted by Gasteiger charge is -2.25. The maximum Gasteiger partial charge on any atom is 0.145 e. The topological polar surface area (TPSA) is 139 Å². The highest BCUT2D eigenvalue weighted by Gasteiger charge is 2.24. The number of benzene rings is 13. The second-order valence-corrected chi connectivity index (χ2v) is 22.9. The number of nitriles is 4. The number of fused-ring (bicyclic) bond motifs is 17. The van der Waals surface area contributed by atoms with E-state index >= 15 is 0 Å². The summed E-state index contributed by atoms with van der Waals surface area (Å²) in [4.78, 5) is 2.24. The van der Waals surface area contributed by atoms with Crippen LogP contribution in [0.2, 0.25) is 0 Å². The first-order chi connectivity index (χ1) is 45.4. The molecule has 0 radical (unpaired) electrons. The van der Waals surface area contributed by atoms with Crippen LogP contribution in [-0.4, -0.2) is 13.7 Å². The fourth-order valence-electron chi connectivity index (χ4n) is 13.8. The number of hydrogen-bond acceptors (Lipinski definition) is 7. The van der Waals surface area contributed by atoms with Crippen molar-refractivity contribution >= 4 is 126 Å². The van der Waals surface area contributed by atoms with E-state index in [1.165, 1.54) is 16.3 Å². The lowest BCUT2D eigenvalue weighted by molar-refractivity contribution is 0.672. The van der Waals surface area contributed by atoms with Crippen LogP contribution in [0.3, 0.4) is 0 Å². The Morgan fingerprint density at radius 2 is 0.641 bits per heavy atom. The van der Waals surface area contributed by atoms with Gasteiger partial charge in [-0.2, -0.15) is 21.0 Å². The molecule has 0 aliphatic rings. The zero-order chi connectivity index (χ0) is 61.6. The Hall–Kier alpha value is -13.4. The van der Waals surface area contributed by atoms with Crippen LogP contribution in [0.25, 0.3) is 137 Å². The number of nitrogens with zero attached hydrogens (tertiary/aromatic N) is 8. The van der Waals surface area contributed by atoms with Crippen molar-refractivity contribution in [3.63, 3.8) is 0 Å². The summed E-state index contributed by atoms with van der Waals surface area (Å²) in [6, 6.07) is 104. The summed E-state index contributed by atoms with van der Waals surface area (Å²) < 4.78 is 19.7. The third-order valence-corrected chi connectivity index (χ3v) is 17.7. The van der Waals surface area contributed by atoms with Crippen molar-refractivity contribution in [3.8, 4) is 52.5 Å². The first kappa shape index (κ1) is 52.9. The number of furan rings is 2. The maximum atomic E-state index is 9.81. The van der Waals surface area contributed by atoms with Crippen molar-refractivity contribution in [1.29, 1.82) is 21.0 Å². The van der Waals surface area contributed by atoms with Crippen LogP contribution in [0.5, 0.6) is 0 Å². The van der Waals surface area contributed by atoms with Crippen molar-refractivity contribution in [3.05, 3.63) is 301 Å². The molecule has 18 aromatic rings. The lowest BCUT2D eigenvalue weighted by atomic mass is 10.00. The molecule has 92 heavy (non-hydrogen) atoms. The Labute approximate surface area is 525 Å². The van der Waals surface area contributed by atoms with Gasteiger partial charge in [0.25, 0.3) is 0 Å². The summed E-state index contributed by atoms with van der Waals surface area (Å²) in [5.74, 6) is 0. The SMILES string of the molecule is N#Cc1cc(C#N)cc(-n2c3ccc(-c4ccc5c(c4)c4ccccc4n5-c4ccccc4)cc3c3c4oc5ccccc5c4ccc32)c1.N#Cc1cc(C#N)cc(-n2c3ccc(N(c4ccccc4)c4ccccc4)cc3c3c4oc5ccccc5c4ccc32)c1. The van der Waals surface area contributed by atoms with Crippen molar-refractivity contribution in [2.24, 2.45) is 0 Å². The molecule has 13 aromatic carbocycles. The number of para-hydroxylation sites is 6. The predicted molar refractivity (Wildman–Crippen MR) is 369 cm³/mol. The van der Waals surface area contributed by atoms with Crippen LogP contribution >= 0.6 is 0 Å². The van der Waals surface area contributed by atoms with Gasteiger partial charge in [0.05, 0.1) is 90.4 Å². The molecule has 10 heteroatoms. The van der Waals surface area contributed by atoms with Crippen LogP contribution in [0.1, 0.15) is 22.3 Å². The van der Waals surface area contributed by atoms with Gasteiger partial charge in [-0.3, -0.25) is 0 Å². The third kappa shape index (κ3) is 8.38. The van der Waals surface area contributed by atoms with E-state index in [2.05, 4.69) is 207 Å². The second kappa shape index (κ2) is 21.2. The zero-order valence-corrected chi connectivity index (χ0v) is 49.0. The molecule has 5 aromatic heterocycles. The molecule has 0 aliphatic heterocycles. The van der Waals surface area contributed by atoms with Crippen LogP contribution in [0.4, 0.5) is 17.1 Å². The average Bonchev–Trinajstić information content (AvgIpc) is 1.57. The van der Waals surface area contributed by atoms with E-state index in [-0.39, 0.29) is 0 Å². The van der Waals surface area contributed by atoms with Crippen molar-refractivity contribution in [2.45, 2.75) is 0 Å². The summed E-state index contributed by atoms with van der Waals surface area (Å²) >= 11 is 0. The first-order valence-corrected chi connectivity index (χ1v) is 30.1. The molecule has 0 saturated heterocycles. The van der Waals surface area contributed by atoms with E-state index in [0.717, 1.165) is 138 Å². The average molecular weight is 1180 g/mol. The standard InChI is InChI=1S/C44H24N4O.C38H22N4O/c45-25-27-20-28(26-46)22-32(21-27)48-40-18-15-30(24-37(40)43-41(48)19-16-35-34-11-5-7-13-42(34)49-44(35)43)29-14-17-39-36(23-29)33-10-4-6-12-38(33)47(39)31-8-2-1-3-9-31;39-23-25-19-26(24-40)21-30(20-25)42-34-17-15-29(41(27-9-3-1-4-10-27)28-11-5-2-6-12-28)22-33(34)37-35(42)18-16-32-31-13-7-8-14-36(31)43-38(32)37/h1-24H;1-22H. The monoisotopic (exact) mass is 1170 g/mol. The molecule has 0 bridgehead atoms. The summed E-state index contributed by atoms with van der Waals surface area (Å²) in [5, 5.41) is 49.8. The molecule has 18 rings (SSSR count). The van der Waals surface area contributed by atoms with Gasteiger partial charge in [-0.25, -0.2) is 0 Å². The molecule has 0 amide bonds. The van der Waals surface area contributed by atoms with Crippen molar-refractivity contribution in [1.82, 2.24) is 13.7 Å². The molecule has 0 N–H and O–H groups in total. The van der Waals surface area contributed by atoms with Gasteiger partial charge in [0.2, 0.25) is 0 Å². The van der Waals surface area contributed by atoms with Gasteiger partial charge in [-0.05, 0) is 169 Å². The smallest absolute Gasteiger partial charge is 0.145 e. The van der Waals surface area contributed by atoms with Gasteiger partial charge in [-0.15, -0.1) is 0 Å². The Kier molecular flexibility index (Phi) is 12.2. The molecule has 0 saturated carbocycles. The Bertz CT molecular complexity index is 6150. The van der Waals surface area contributed by atoms with E-state index in [9.17, 15) is 21.0 Å². The van der Waals surface area contributed by atoms with Gasteiger partial charge in [0, 0.05) is 77.2 Å². The molecule has 0 aliphatic carbocycles. The summed E-state index contributed by atoms with van der Waals surface area (Å²) in [7, 11) is 0. The van der Waals surface area contributed by atoms with Gasteiger partial charge in [0.15, 0.2) is 0 Å². The Morgan fingerprint density at radius 1 is 0.261 bits per heavy atom. The maximum absolute atomic E-state index is 9.81. The summed E-state index contributed by atoms with van der Waals surface area (Å²) in [5.41, 5.74) is 19.1. The quantitative estimate of drug-likeness (QED) is 0.155. The fourth-order valence-corrected chi connectivity index (χ4v) is 13.8. The molecule has 0 atom stereocenters. The Morgan fingerprint density at radius 3 is 1.14 bits per heavy atom. The van der Waals surface area contributed by atoms with Gasteiger partial charge in [0.1, 0.15) is 22.3 Å². The van der Waals surface area contributed by atoms with E-state index < -0.39 is 0 Å². The van der Waals surface area contributed by atoms with Crippen molar-refractivity contribution in [2.75, 3.05) is 4.90 Å². The lowest BCUT2D eigenvalue weighted by Crippen LogP contribution is -2.09. The third-order valence-electron chi connectivity index (χ3n) is 17.7. The van der Waals surface area contributed by atoms with E-state index in [1.807, 2.05) is 103 Å². The largest absolute Gasteiger partial charge is 0.455 e. The van der Waals surface area contributed by atoms with E-state index in [1.54, 1.807) is 12.1 Å². The van der Waals surface area contributed by atoms with Crippen LogP contribution in [-0.2, 0) is 0 Å². The first-order valence-electron chi connectivity index (χ1n) is 30.1. The van der Waals surface area contributed by atoms with Crippen molar-refractivity contribution < 1.29 is 8.83 Å². The fraction of sp³-hybridized carbons (Fsp3) is 0. The molecule has 5 heterocycles. The van der Waals surface area contributed by atoms with Gasteiger partial charge >= 0.3 is 0 Å². The normalized spacial score (nSPS) is 11.4. The highest BCUT2D eigenvalue weighted by molar-refractivity contribution is 6.26. The molecular formula is C82H46N8O2. The molecule has 0 spiro atoms. The number of rotatable bonds is 7. The second-order valence-electron chi connectivity index (χ2n) is 22.9. The molecule has 10 nitrogen and oxygen atoms in total. The highest BCUT2D eigenvalue weighted by Crippen LogP contribution is 2.46. The highest BCUT2D eigenvalue weighted by atomic mass is 16.3. The molecule has 0 fully saturated rings. The van der Waals surface area contributed by atoms with E-state index in [4.69, 9.17) is 8.83 Å². The number of anilines is 3. The van der Waals surface area contributed by atoms with Crippen LogP contribution in [0.15, 0.2) is 288 Å². The van der Waals surface area contributed by atoms with Gasteiger partial charge < -0.3 is 27.4 Å². The van der Waals surface area contributed by atoms with Crippen LogP contribution < -0.4 is 4.90 Å². The molecule has 0 unspecified atom stereocenters. The number of aromatic nitrogens is 3. The summed E-state index contributed by atoms with van der Waals surface area (Å²) in [6.45, 7) is 0. The Balaban J connectivity index is 0.000000142. The minimum absolute atomic E-state index is 0.435. The molecular weight excluding hydrogens is 1130 g/mol. The summed E-state index contributed by atoms with van der Waals surface area (Å²) in [6.07, 6.45) is 0. The van der Waals surface area contributed by atoms with Gasteiger partial charge in [-0.1, -0.05) is 121 Å². The predicted octanol–water partition coefficient (Wildman–Crippen LogP) is 21.1. The minimum atomic E-state index is 0.435.